The number of methoxy groups -OCH3 is 1. The third kappa shape index (κ3) is 4.19. The summed E-state index contributed by atoms with van der Waals surface area (Å²) >= 11 is 0. The van der Waals surface area contributed by atoms with Crippen LogP contribution >= 0.6 is 0 Å². The van der Waals surface area contributed by atoms with E-state index in [2.05, 4.69) is 0 Å². The summed E-state index contributed by atoms with van der Waals surface area (Å²) in [5.41, 5.74) is 1.08. The van der Waals surface area contributed by atoms with E-state index < -0.39 is 6.29 Å². The second-order valence-electron chi connectivity index (χ2n) is 6.59. The van der Waals surface area contributed by atoms with Crippen LogP contribution in [0.1, 0.15) is 31.2 Å². The van der Waals surface area contributed by atoms with Crippen molar-refractivity contribution in [3.8, 4) is 5.75 Å². The molecular weight excluding hydrogens is 334 g/mol. The minimum absolute atomic E-state index is 0.0170. The maximum atomic E-state index is 12.5. The first-order chi connectivity index (χ1) is 12.7. The average molecular weight is 361 g/mol. The molecule has 0 aliphatic carbocycles. The minimum Gasteiger partial charge on any atom is -0.497 e. The molecule has 1 amide bonds. The fourth-order valence-electron chi connectivity index (χ4n) is 3.37. The van der Waals surface area contributed by atoms with E-state index in [-0.39, 0.29) is 24.3 Å². The van der Waals surface area contributed by atoms with Crippen LogP contribution in [0.2, 0.25) is 0 Å². The first kappa shape index (κ1) is 18.7. The molecule has 1 saturated heterocycles. The van der Waals surface area contributed by atoms with Crippen molar-refractivity contribution in [3.63, 3.8) is 0 Å². The van der Waals surface area contributed by atoms with Gasteiger partial charge in [0.05, 0.1) is 7.11 Å². The molecule has 2 aliphatic rings. The van der Waals surface area contributed by atoms with Crippen molar-refractivity contribution < 1.29 is 24.1 Å². The maximum absolute atomic E-state index is 12.5. The first-order valence-corrected chi connectivity index (χ1v) is 9.22. The van der Waals surface area contributed by atoms with Gasteiger partial charge in [-0.2, -0.15) is 0 Å². The van der Waals surface area contributed by atoms with Crippen LogP contribution in [-0.4, -0.2) is 55.6 Å². The highest BCUT2D eigenvalue weighted by Crippen LogP contribution is 2.40. The van der Waals surface area contributed by atoms with E-state index >= 15 is 0 Å². The smallest absolute Gasteiger partial charge is 0.288 e. The molecule has 1 fully saturated rings. The fraction of sp³-hybridized carbons (Fsp3) is 0.550. The summed E-state index contributed by atoms with van der Waals surface area (Å²) in [5.74, 6) is 1.09. The summed E-state index contributed by atoms with van der Waals surface area (Å²) in [4.78, 5) is 14.3. The lowest BCUT2D eigenvalue weighted by Crippen LogP contribution is -2.37. The number of aliphatic hydroxyl groups is 1. The number of nitrogens with zero attached hydrogens (tertiary/aromatic N) is 1. The topological polar surface area (TPSA) is 68.0 Å². The Bertz CT molecular complexity index is 638. The van der Waals surface area contributed by atoms with Crippen LogP contribution in [0, 0.1) is 5.92 Å². The Morgan fingerprint density at radius 2 is 2.04 bits per heavy atom. The maximum Gasteiger partial charge on any atom is 0.288 e. The monoisotopic (exact) mass is 361 g/mol. The van der Waals surface area contributed by atoms with Crippen molar-refractivity contribution in [1.29, 1.82) is 0 Å². The largest absolute Gasteiger partial charge is 0.497 e. The number of benzene rings is 1. The van der Waals surface area contributed by atoms with Crippen molar-refractivity contribution in [3.05, 3.63) is 41.7 Å². The van der Waals surface area contributed by atoms with Crippen LogP contribution in [0.5, 0.6) is 5.75 Å². The third-order valence-corrected chi connectivity index (χ3v) is 4.86. The summed E-state index contributed by atoms with van der Waals surface area (Å²) in [6, 6.07) is 7.87. The molecule has 3 atom stereocenters. The first-order valence-electron chi connectivity index (χ1n) is 9.22. The van der Waals surface area contributed by atoms with Crippen LogP contribution in [0.25, 0.3) is 0 Å². The lowest BCUT2D eigenvalue weighted by Gasteiger charge is -2.37. The Labute approximate surface area is 154 Å². The van der Waals surface area contributed by atoms with Crippen LogP contribution in [0.15, 0.2) is 36.1 Å². The second kappa shape index (κ2) is 8.56. The number of carbonyl (C=O) groups excluding carboxylic acids is 1. The highest BCUT2D eigenvalue weighted by molar-refractivity contribution is 5.93. The molecular formula is C20H27NO5. The van der Waals surface area contributed by atoms with Gasteiger partial charge in [0.25, 0.3) is 5.91 Å². The molecule has 142 valence electrons. The Morgan fingerprint density at radius 3 is 2.62 bits per heavy atom. The third-order valence-electron chi connectivity index (χ3n) is 4.86. The predicted octanol–water partition coefficient (Wildman–Crippen LogP) is 2.29. The van der Waals surface area contributed by atoms with Crippen LogP contribution in [-0.2, 0) is 14.3 Å². The van der Waals surface area contributed by atoms with Gasteiger partial charge in [0.15, 0.2) is 5.76 Å². The Hall–Kier alpha value is -2.05. The van der Waals surface area contributed by atoms with E-state index in [1.54, 1.807) is 12.0 Å². The number of hydrogen-bond donors (Lipinski definition) is 1. The number of amides is 1. The van der Waals surface area contributed by atoms with Gasteiger partial charge in [0.2, 0.25) is 6.29 Å². The molecule has 2 heterocycles. The van der Waals surface area contributed by atoms with Gasteiger partial charge in [0, 0.05) is 38.1 Å². The molecule has 1 aromatic rings. The number of allylic oxidation sites excluding steroid dienone is 1. The molecule has 0 aromatic heterocycles. The highest BCUT2D eigenvalue weighted by atomic mass is 16.7. The molecule has 2 aliphatic heterocycles. The quantitative estimate of drug-likeness (QED) is 0.720. The molecule has 6 nitrogen and oxygen atoms in total. The zero-order valence-electron chi connectivity index (χ0n) is 15.4. The lowest BCUT2D eigenvalue weighted by atomic mass is 9.80. The van der Waals surface area contributed by atoms with Crippen molar-refractivity contribution in [1.82, 2.24) is 4.90 Å². The summed E-state index contributed by atoms with van der Waals surface area (Å²) < 4.78 is 17.0. The Balaban J connectivity index is 1.93. The Morgan fingerprint density at radius 1 is 1.31 bits per heavy atom. The molecule has 0 spiro atoms. The standard InChI is InChI=1S/C20H27NO5/c1-3-25-20-16(5-4-12-22)17(14-6-8-15(24-2)9-7-14)13-18(26-20)19(23)21-10-11-21/h6-9,13,16-17,20,22H,3-5,10-12H2,1-2H3/t16-,17-,20-/m0/s1. The Kier molecular flexibility index (Phi) is 6.16. The van der Waals surface area contributed by atoms with Gasteiger partial charge in [-0.3, -0.25) is 4.79 Å². The second-order valence-corrected chi connectivity index (χ2v) is 6.59. The molecule has 26 heavy (non-hydrogen) atoms. The van der Waals surface area contributed by atoms with Crippen LogP contribution in [0.4, 0.5) is 0 Å². The molecule has 6 heteroatoms. The van der Waals surface area contributed by atoms with Crippen LogP contribution < -0.4 is 4.74 Å². The van der Waals surface area contributed by atoms with E-state index in [0.29, 0.717) is 18.8 Å². The van der Waals surface area contributed by atoms with Gasteiger partial charge in [-0.25, -0.2) is 0 Å². The zero-order valence-corrected chi connectivity index (χ0v) is 15.4. The molecule has 1 N–H and O–H groups in total. The van der Waals surface area contributed by atoms with E-state index in [4.69, 9.17) is 14.2 Å². The number of ether oxygens (including phenoxy) is 3. The summed E-state index contributed by atoms with van der Waals surface area (Å²) in [6.45, 7) is 4.09. The number of carbonyl (C=O) groups is 1. The van der Waals surface area contributed by atoms with E-state index in [0.717, 1.165) is 30.8 Å². The lowest BCUT2D eigenvalue weighted by molar-refractivity contribution is -0.168. The van der Waals surface area contributed by atoms with E-state index in [9.17, 15) is 9.90 Å². The minimum atomic E-state index is -0.498. The van der Waals surface area contributed by atoms with Gasteiger partial charge >= 0.3 is 0 Å². The summed E-state index contributed by atoms with van der Waals surface area (Å²) in [6.07, 6.45) is 2.83. The average Bonchev–Trinajstić information content (AvgIpc) is 3.51. The van der Waals surface area contributed by atoms with Gasteiger partial charge in [-0.15, -0.1) is 0 Å². The highest BCUT2D eigenvalue weighted by Gasteiger charge is 2.40. The summed E-state index contributed by atoms with van der Waals surface area (Å²) in [5, 5.41) is 9.29. The molecule has 0 bridgehead atoms. The number of hydrogen-bond acceptors (Lipinski definition) is 5. The van der Waals surface area contributed by atoms with Crippen LogP contribution in [0.3, 0.4) is 0 Å². The fourth-order valence-corrected chi connectivity index (χ4v) is 3.37. The van der Waals surface area contributed by atoms with Crippen molar-refractivity contribution >= 4 is 5.91 Å². The van der Waals surface area contributed by atoms with Crippen molar-refractivity contribution in [2.24, 2.45) is 5.92 Å². The summed E-state index contributed by atoms with van der Waals surface area (Å²) in [7, 11) is 1.64. The van der Waals surface area contributed by atoms with E-state index in [1.807, 2.05) is 37.3 Å². The molecule has 0 saturated carbocycles. The number of aliphatic hydroxyl groups excluding tert-OH is 1. The zero-order chi connectivity index (χ0) is 18.5. The van der Waals surface area contributed by atoms with E-state index in [1.165, 1.54) is 0 Å². The molecule has 0 radical (unpaired) electrons. The predicted molar refractivity (Wildman–Crippen MR) is 96.7 cm³/mol. The number of rotatable bonds is 8. The molecule has 1 aromatic carbocycles. The van der Waals surface area contributed by atoms with Crippen molar-refractivity contribution in [2.75, 3.05) is 33.4 Å². The SMILES string of the molecule is CCO[C@H]1OC(C(=O)N2CC2)=C[C@@H](c2ccc(OC)cc2)[C@@H]1CCCO. The van der Waals surface area contributed by atoms with Gasteiger partial charge in [-0.1, -0.05) is 12.1 Å². The van der Waals surface area contributed by atoms with Gasteiger partial charge in [0.1, 0.15) is 5.75 Å². The molecule has 0 unspecified atom stereocenters. The van der Waals surface area contributed by atoms with Gasteiger partial charge in [-0.05, 0) is 43.5 Å². The van der Waals surface area contributed by atoms with Crippen molar-refractivity contribution in [2.45, 2.75) is 32.0 Å². The normalized spacial score (nSPS) is 24.7. The molecule has 3 rings (SSSR count). The van der Waals surface area contributed by atoms with Gasteiger partial charge < -0.3 is 24.2 Å².